The summed E-state index contributed by atoms with van der Waals surface area (Å²) in [4.78, 5) is 15.4. The zero-order chi connectivity index (χ0) is 21.7. The summed E-state index contributed by atoms with van der Waals surface area (Å²) in [5.74, 6) is 0.00978. The predicted molar refractivity (Wildman–Crippen MR) is 122 cm³/mol. The summed E-state index contributed by atoms with van der Waals surface area (Å²) < 4.78 is 0. The molecule has 1 fully saturated rings. The first kappa shape index (κ1) is 22.7. The number of rotatable bonds is 7. The SMILES string of the molecule is CCCCCc1cc(O)c(C2C=C(C)CCC2)c(O)c1C(=O)N(C)C1CCCCC1. The first-order valence-electron chi connectivity index (χ1n) is 12.0. The number of hydrogen-bond acceptors (Lipinski definition) is 3. The van der Waals surface area contributed by atoms with Gasteiger partial charge in [0.05, 0.1) is 5.56 Å². The predicted octanol–water partition coefficient (Wildman–Crippen LogP) is 6.45. The summed E-state index contributed by atoms with van der Waals surface area (Å²) in [5, 5.41) is 22.2. The number of carbonyl (C=O) groups is 1. The summed E-state index contributed by atoms with van der Waals surface area (Å²) in [6.45, 7) is 4.25. The van der Waals surface area contributed by atoms with Crippen molar-refractivity contribution in [3.8, 4) is 11.5 Å². The Bertz CT molecular complexity index is 777. The van der Waals surface area contributed by atoms with Crippen LogP contribution in [0, 0.1) is 0 Å². The number of phenols is 2. The maximum atomic E-state index is 13.6. The van der Waals surface area contributed by atoms with Gasteiger partial charge in [0, 0.05) is 24.6 Å². The molecule has 0 heterocycles. The van der Waals surface area contributed by atoms with E-state index < -0.39 is 0 Å². The van der Waals surface area contributed by atoms with E-state index in [4.69, 9.17) is 0 Å². The van der Waals surface area contributed by atoms with Crippen molar-refractivity contribution in [1.29, 1.82) is 0 Å². The zero-order valence-corrected chi connectivity index (χ0v) is 19.0. The van der Waals surface area contributed by atoms with Crippen LogP contribution in [0.15, 0.2) is 17.7 Å². The minimum atomic E-state index is -0.0938. The summed E-state index contributed by atoms with van der Waals surface area (Å²) in [6.07, 6.45) is 14.6. The Kier molecular flexibility index (Phi) is 7.85. The normalized spacial score (nSPS) is 20.1. The number of hydrogen-bond donors (Lipinski definition) is 2. The third-order valence-electron chi connectivity index (χ3n) is 7.05. The van der Waals surface area contributed by atoms with Gasteiger partial charge in [0.1, 0.15) is 11.5 Å². The largest absolute Gasteiger partial charge is 0.507 e. The number of amides is 1. The van der Waals surface area contributed by atoms with E-state index in [1.165, 1.54) is 12.0 Å². The van der Waals surface area contributed by atoms with Crippen LogP contribution in [0.1, 0.15) is 112 Å². The second kappa shape index (κ2) is 10.4. The summed E-state index contributed by atoms with van der Waals surface area (Å²) in [6, 6.07) is 1.99. The van der Waals surface area contributed by atoms with Crippen molar-refractivity contribution in [2.75, 3.05) is 7.05 Å². The minimum Gasteiger partial charge on any atom is -0.507 e. The van der Waals surface area contributed by atoms with Gasteiger partial charge in [-0.2, -0.15) is 0 Å². The topological polar surface area (TPSA) is 60.8 Å². The van der Waals surface area contributed by atoms with E-state index in [0.29, 0.717) is 17.5 Å². The molecule has 1 aromatic carbocycles. The van der Waals surface area contributed by atoms with Crippen molar-refractivity contribution >= 4 is 5.91 Å². The van der Waals surface area contributed by atoms with Crippen molar-refractivity contribution < 1.29 is 15.0 Å². The van der Waals surface area contributed by atoms with Crippen LogP contribution in [-0.2, 0) is 6.42 Å². The second-order valence-corrected chi connectivity index (χ2v) is 9.37. The van der Waals surface area contributed by atoms with Gasteiger partial charge in [-0.15, -0.1) is 0 Å². The van der Waals surface area contributed by atoms with Crippen LogP contribution in [0.5, 0.6) is 11.5 Å². The third-order valence-corrected chi connectivity index (χ3v) is 7.05. The van der Waals surface area contributed by atoms with Crippen molar-refractivity contribution in [2.24, 2.45) is 0 Å². The number of aryl methyl sites for hydroxylation is 1. The lowest BCUT2D eigenvalue weighted by Crippen LogP contribution is -2.38. The lowest BCUT2D eigenvalue weighted by atomic mass is 9.82. The molecule has 0 aliphatic heterocycles. The molecular weight excluding hydrogens is 374 g/mol. The van der Waals surface area contributed by atoms with Crippen molar-refractivity contribution in [1.82, 2.24) is 4.90 Å². The molecule has 2 N–H and O–H groups in total. The van der Waals surface area contributed by atoms with E-state index in [-0.39, 0.29) is 29.4 Å². The first-order valence-corrected chi connectivity index (χ1v) is 12.0. The smallest absolute Gasteiger partial charge is 0.257 e. The van der Waals surface area contributed by atoms with Gasteiger partial charge in [-0.3, -0.25) is 4.79 Å². The van der Waals surface area contributed by atoms with E-state index in [1.54, 1.807) is 6.07 Å². The number of phenolic OH excluding ortho intramolecular Hbond substituents is 2. The number of nitrogens with zero attached hydrogens (tertiary/aromatic N) is 1. The van der Waals surface area contributed by atoms with Gasteiger partial charge in [0.25, 0.3) is 5.91 Å². The Morgan fingerprint density at radius 3 is 2.50 bits per heavy atom. The fourth-order valence-corrected chi connectivity index (χ4v) is 5.24. The fourth-order valence-electron chi connectivity index (χ4n) is 5.24. The first-order chi connectivity index (χ1) is 14.4. The molecule has 0 saturated heterocycles. The van der Waals surface area contributed by atoms with Crippen LogP contribution in [-0.4, -0.2) is 34.1 Å². The van der Waals surface area contributed by atoms with E-state index in [2.05, 4.69) is 19.9 Å². The van der Waals surface area contributed by atoms with Crippen LogP contribution in [0.25, 0.3) is 0 Å². The van der Waals surface area contributed by atoms with Gasteiger partial charge < -0.3 is 15.1 Å². The molecule has 1 aromatic rings. The van der Waals surface area contributed by atoms with Crippen LogP contribution in [0.4, 0.5) is 0 Å². The molecule has 1 amide bonds. The third kappa shape index (κ3) is 5.01. The monoisotopic (exact) mass is 413 g/mol. The Balaban J connectivity index is 2.01. The van der Waals surface area contributed by atoms with Crippen molar-refractivity contribution in [3.63, 3.8) is 0 Å². The highest BCUT2D eigenvalue weighted by molar-refractivity contribution is 5.99. The quantitative estimate of drug-likeness (QED) is 0.399. The van der Waals surface area contributed by atoms with Gasteiger partial charge in [-0.1, -0.05) is 50.7 Å². The molecule has 0 radical (unpaired) electrons. The van der Waals surface area contributed by atoms with E-state index in [0.717, 1.165) is 69.8 Å². The number of carbonyl (C=O) groups excluding carboxylic acids is 1. The van der Waals surface area contributed by atoms with E-state index in [1.807, 2.05) is 11.9 Å². The number of unbranched alkanes of at least 4 members (excludes halogenated alkanes) is 2. The molecular formula is C26H39NO3. The van der Waals surface area contributed by atoms with E-state index >= 15 is 0 Å². The molecule has 0 bridgehead atoms. The lowest BCUT2D eigenvalue weighted by Gasteiger charge is -2.32. The summed E-state index contributed by atoms with van der Waals surface area (Å²) in [7, 11) is 1.88. The lowest BCUT2D eigenvalue weighted by molar-refractivity contribution is 0.0691. The average molecular weight is 414 g/mol. The molecule has 30 heavy (non-hydrogen) atoms. The van der Waals surface area contributed by atoms with Gasteiger partial charge in [0.15, 0.2) is 0 Å². The molecule has 3 rings (SSSR count). The van der Waals surface area contributed by atoms with E-state index in [9.17, 15) is 15.0 Å². The summed E-state index contributed by atoms with van der Waals surface area (Å²) >= 11 is 0. The summed E-state index contributed by atoms with van der Waals surface area (Å²) in [5.41, 5.74) is 3.02. The Hall–Kier alpha value is -1.97. The number of aromatic hydroxyl groups is 2. The molecule has 166 valence electrons. The Morgan fingerprint density at radius 1 is 1.10 bits per heavy atom. The minimum absolute atomic E-state index is 0.00473. The van der Waals surface area contributed by atoms with Crippen LogP contribution in [0.2, 0.25) is 0 Å². The molecule has 1 unspecified atom stereocenters. The van der Waals surface area contributed by atoms with Gasteiger partial charge in [0.2, 0.25) is 0 Å². The highest BCUT2D eigenvalue weighted by Gasteiger charge is 2.31. The maximum Gasteiger partial charge on any atom is 0.257 e. The van der Waals surface area contributed by atoms with Crippen LogP contribution >= 0.6 is 0 Å². The van der Waals surface area contributed by atoms with Crippen LogP contribution in [0.3, 0.4) is 0 Å². The average Bonchev–Trinajstić information content (AvgIpc) is 2.73. The molecule has 4 heteroatoms. The van der Waals surface area contributed by atoms with Crippen LogP contribution < -0.4 is 0 Å². The molecule has 4 nitrogen and oxygen atoms in total. The molecule has 1 saturated carbocycles. The van der Waals surface area contributed by atoms with Crippen molar-refractivity contribution in [3.05, 3.63) is 34.4 Å². The standard InChI is InChI=1S/C26H39NO3/c1-4-5-7-12-20-17-22(28)23(19-13-10-11-18(2)16-19)25(29)24(20)26(30)27(3)21-14-8-6-9-15-21/h16-17,19,21,28-29H,4-15H2,1-3H3. The fraction of sp³-hybridized carbons (Fsp3) is 0.654. The highest BCUT2D eigenvalue weighted by atomic mass is 16.3. The Labute approximate surface area is 182 Å². The number of allylic oxidation sites excluding steroid dienone is 2. The maximum absolute atomic E-state index is 13.6. The molecule has 2 aliphatic rings. The second-order valence-electron chi connectivity index (χ2n) is 9.37. The highest BCUT2D eigenvalue weighted by Crippen LogP contribution is 2.44. The molecule has 0 spiro atoms. The molecule has 2 aliphatic carbocycles. The van der Waals surface area contributed by atoms with Gasteiger partial charge >= 0.3 is 0 Å². The van der Waals surface area contributed by atoms with Gasteiger partial charge in [-0.25, -0.2) is 0 Å². The molecule has 0 aromatic heterocycles. The van der Waals surface area contributed by atoms with Gasteiger partial charge in [-0.05, 0) is 63.5 Å². The zero-order valence-electron chi connectivity index (χ0n) is 19.0. The Morgan fingerprint density at radius 2 is 1.83 bits per heavy atom. The number of benzene rings is 1. The van der Waals surface area contributed by atoms with Crippen molar-refractivity contribution in [2.45, 2.75) is 103 Å². The molecule has 1 atom stereocenters.